The summed E-state index contributed by atoms with van der Waals surface area (Å²) in [6, 6.07) is 2.45. The van der Waals surface area contributed by atoms with Crippen LogP contribution in [0.3, 0.4) is 0 Å². The Morgan fingerprint density at radius 2 is 2.22 bits per heavy atom. The fourth-order valence-electron chi connectivity index (χ4n) is 1.97. The fraction of sp³-hybridized carbons (Fsp3) is 0.615. The normalized spacial score (nSPS) is 14.6. The first kappa shape index (κ1) is 13.2. The van der Waals surface area contributed by atoms with Gasteiger partial charge in [0.1, 0.15) is 10.7 Å². The van der Waals surface area contributed by atoms with Gasteiger partial charge in [-0.25, -0.2) is 9.97 Å². The van der Waals surface area contributed by atoms with Gasteiger partial charge in [0.2, 0.25) is 5.95 Å². The van der Waals surface area contributed by atoms with E-state index in [1.54, 1.807) is 0 Å². The van der Waals surface area contributed by atoms with Crippen molar-refractivity contribution in [2.24, 2.45) is 5.73 Å². The van der Waals surface area contributed by atoms with E-state index in [1.807, 2.05) is 13.0 Å². The first-order valence-electron chi connectivity index (χ1n) is 6.54. The largest absolute Gasteiger partial charge is 0.388 e. The van der Waals surface area contributed by atoms with E-state index in [-0.39, 0.29) is 0 Å². The molecule has 1 saturated carbocycles. The summed E-state index contributed by atoms with van der Waals surface area (Å²) in [5.74, 6) is 0.786. The van der Waals surface area contributed by atoms with Gasteiger partial charge in [-0.15, -0.1) is 0 Å². The maximum Gasteiger partial charge on any atom is 0.226 e. The van der Waals surface area contributed by atoms with E-state index in [0.29, 0.717) is 16.7 Å². The third-order valence-corrected chi connectivity index (χ3v) is 3.30. The maximum absolute atomic E-state index is 5.67. The number of nitrogens with two attached hydrogens (primary N) is 1. The van der Waals surface area contributed by atoms with Gasteiger partial charge in [-0.2, -0.15) is 0 Å². The van der Waals surface area contributed by atoms with Crippen LogP contribution in [0.25, 0.3) is 0 Å². The summed E-state index contributed by atoms with van der Waals surface area (Å²) in [5, 5.41) is 0. The van der Waals surface area contributed by atoms with Crippen LogP contribution >= 0.6 is 12.2 Å². The molecular formula is C13H20N4S. The van der Waals surface area contributed by atoms with E-state index in [2.05, 4.69) is 21.8 Å². The molecule has 1 aliphatic rings. The average molecular weight is 264 g/mol. The number of aryl methyl sites for hydroxylation is 1. The van der Waals surface area contributed by atoms with Crippen molar-refractivity contribution < 1.29 is 0 Å². The van der Waals surface area contributed by atoms with Crippen molar-refractivity contribution >= 4 is 23.2 Å². The number of anilines is 1. The predicted octanol–water partition coefficient (Wildman–Crippen LogP) is 2.19. The molecule has 18 heavy (non-hydrogen) atoms. The standard InChI is InChI=1S/C13H20N4S/c1-3-4-7-17(10-5-6-10)13-15-9(2)8-11(16-13)12(14)18/h8,10H,3-7H2,1-2H3,(H2,14,18). The lowest BCUT2D eigenvalue weighted by atomic mass is 10.3. The molecule has 4 nitrogen and oxygen atoms in total. The van der Waals surface area contributed by atoms with Crippen molar-refractivity contribution in [2.75, 3.05) is 11.4 Å². The third kappa shape index (κ3) is 3.16. The molecule has 0 bridgehead atoms. The molecular weight excluding hydrogens is 244 g/mol. The van der Waals surface area contributed by atoms with Crippen molar-refractivity contribution in [1.29, 1.82) is 0 Å². The van der Waals surface area contributed by atoms with Gasteiger partial charge in [-0.1, -0.05) is 25.6 Å². The monoisotopic (exact) mass is 264 g/mol. The lowest BCUT2D eigenvalue weighted by Gasteiger charge is -2.22. The highest BCUT2D eigenvalue weighted by Gasteiger charge is 2.30. The molecule has 0 aromatic carbocycles. The third-order valence-electron chi connectivity index (χ3n) is 3.09. The van der Waals surface area contributed by atoms with E-state index >= 15 is 0 Å². The molecule has 1 aromatic rings. The number of aromatic nitrogens is 2. The molecule has 2 N–H and O–H groups in total. The smallest absolute Gasteiger partial charge is 0.226 e. The Hall–Kier alpha value is -1.23. The van der Waals surface area contributed by atoms with Crippen molar-refractivity contribution in [3.05, 3.63) is 17.5 Å². The zero-order valence-electron chi connectivity index (χ0n) is 11.0. The van der Waals surface area contributed by atoms with Crippen LogP contribution in [-0.2, 0) is 0 Å². The molecule has 0 spiro atoms. The highest BCUT2D eigenvalue weighted by molar-refractivity contribution is 7.80. The summed E-state index contributed by atoms with van der Waals surface area (Å²) in [5.41, 5.74) is 7.26. The van der Waals surface area contributed by atoms with Crippen LogP contribution in [0.2, 0.25) is 0 Å². The van der Waals surface area contributed by atoms with E-state index in [1.165, 1.54) is 19.3 Å². The first-order valence-corrected chi connectivity index (χ1v) is 6.94. The molecule has 0 unspecified atom stereocenters. The molecule has 0 amide bonds. The molecule has 98 valence electrons. The van der Waals surface area contributed by atoms with Gasteiger partial charge in [-0.3, -0.25) is 0 Å². The van der Waals surface area contributed by atoms with Gasteiger partial charge in [-0.05, 0) is 32.3 Å². The number of hydrogen-bond donors (Lipinski definition) is 1. The molecule has 0 radical (unpaired) electrons. The van der Waals surface area contributed by atoms with Crippen LogP contribution in [-0.4, -0.2) is 27.5 Å². The van der Waals surface area contributed by atoms with Gasteiger partial charge in [0.25, 0.3) is 0 Å². The van der Waals surface area contributed by atoms with E-state index in [4.69, 9.17) is 18.0 Å². The molecule has 0 aliphatic heterocycles. The van der Waals surface area contributed by atoms with Crippen LogP contribution in [0.1, 0.15) is 44.0 Å². The Labute approximate surface area is 114 Å². The summed E-state index contributed by atoms with van der Waals surface area (Å²) in [6.07, 6.45) is 4.82. The molecule has 1 aromatic heterocycles. The molecule has 0 saturated heterocycles. The minimum atomic E-state index is 0.341. The minimum Gasteiger partial charge on any atom is -0.388 e. The quantitative estimate of drug-likeness (QED) is 0.798. The van der Waals surface area contributed by atoms with Crippen LogP contribution in [0, 0.1) is 6.92 Å². The Bertz CT molecular complexity index is 443. The summed E-state index contributed by atoms with van der Waals surface area (Å²) in [7, 11) is 0. The van der Waals surface area contributed by atoms with Crippen LogP contribution in [0.5, 0.6) is 0 Å². The van der Waals surface area contributed by atoms with Crippen molar-refractivity contribution in [3.8, 4) is 0 Å². The van der Waals surface area contributed by atoms with Gasteiger partial charge in [0.05, 0.1) is 0 Å². The van der Waals surface area contributed by atoms with E-state index in [0.717, 1.165) is 24.6 Å². The van der Waals surface area contributed by atoms with E-state index in [9.17, 15) is 0 Å². The second kappa shape index (κ2) is 5.61. The average Bonchev–Trinajstić information content (AvgIpc) is 3.13. The first-order chi connectivity index (χ1) is 8.61. The molecule has 1 aliphatic carbocycles. The Kier molecular flexibility index (Phi) is 4.11. The fourth-order valence-corrected chi connectivity index (χ4v) is 2.07. The van der Waals surface area contributed by atoms with Gasteiger partial charge in [0.15, 0.2) is 0 Å². The van der Waals surface area contributed by atoms with Crippen molar-refractivity contribution in [2.45, 2.75) is 45.6 Å². The second-order valence-corrected chi connectivity index (χ2v) is 5.28. The number of hydrogen-bond acceptors (Lipinski definition) is 4. The Balaban J connectivity index is 2.25. The summed E-state index contributed by atoms with van der Waals surface area (Å²) in [6.45, 7) is 5.17. The zero-order valence-corrected chi connectivity index (χ0v) is 11.8. The van der Waals surface area contributed by atoms with Crippen molar-refractivity contribution in [1.82, 2.24) is 9.97 Å². The molecule has 5 heteroatoms. The van der Waals surface area contributed by atoms with Gasteiger partial charge < -0.3 is 10.6 Å². The lowest BCUT2D eigenvalue weighted by Crippen LogP contribution is -2.29. The molecule has 0 atom stereocenters. The summed E-state index contributed by atoms with van der Waals surface area (Å²) >= 11 is 5.01. The van der Waals surface area contributed by atoms with E-state index < -0.39 is 0 Å². The topological polar surface area (TPSA) is 55.0 Å². The number of rotatable bonds is 6. The Morgan fingerprint density at radius 1 is 1.50 bits per heavy atom. The molecule has 1 heterocycles. The maximum atomic E-state index is 5.67. The Morgan fingerprint density at radius 3 is 2.78 bits per heavy atom. The number of unbranched alkanes of at least 4 members (excludes halogenated alkanes) is 1. The lowest BCUT2D eigenvalue weighted by molar-refractivity contribution is 0.692. The van der Waals surface area contributed by atoms with Gasteiger partial charge >= 0.3 is 0 Å². The zero-order chi connectivity index (χ0) is 13.1. The van der Waals surface area contributed by atoms with Crippen LogP contribution in [0.4, 0.5) is 5.95 Å². The van der Waals surface area contributed by atoms with Gasteiger partial charge in [0, 0.05) is 18.3 Å². The minimum absolute atomic E-state index is 0.341. The highest BCUT2D eigenvalue weighted by Crippen LogP contribution is 2.30. The summed E-state index contributed by atoms with van der Waals surface area (Å²) < 4.78 is 0. The molecule has 1 fully saturated rings. The second-order valence-electron chi connectivity index (χ2n) is 4.84. The molecule has 2 rings (SSSR count). The number of nitrogens with zero attached hydrogens (tertiary/aromatic N) is 3. The summed E-state index contributed by atoms with van der Waals surface area (Å²) in [4.78, 5) is 11.7. The van der Waals surface area contributed by atoms with Crippen LogP contribution < -0.4 is 10.6 Å². The number of thiocarbonyl (C=S) groups is 1. The van der Waals surface area contributed by atoms with Crippen molar-refractivity contribution in [3.63, 3.8) is 0 Å². The highest BCUT2D eigenvalue weighted by atomic mass is 32.1. The van der Waals surface area contributed by atoms with Crippen LogP contribution in [0.15, 0.2) is 6.07 Å². The predicted molar refractivity (Wildman–Crippen MR) is 77.9 cm³/mol. The SMILES string of the molecule is CCCCN(c1nc(C)cc(C(N)=S)n1)C1CC1.